The van der Waals surface area contributed by atoms with Crippen molar-refractivity contribution in [1.82, 2.24) is 4.90 Å². The standard InChI is InChI=1S/C19H22IN3O/c1-2-22-9-11-23(12-10-22)17-6-4-16(5-7-17)21-14-15-3-8-19(24)18(20)13-15/h3-8,13-14,24H,2,9-12H2,1H3. The van der Waals surface area contributed by atoms with Crippen molar-refractivity contribution < 1.29 is 5.11 Å². The summed E-state index contributed by atoms with van der Waals surface area (Å²) in [7, 11) is 0. The lowest BCUT2D eigenvalue weighted by atomic mass is 10.2. The summed E-state index contributed by atoms with van der Waals surface area (Å²) in [5.41, 5.74) is 3.19. The van der Waals surface area contributed by atoms with E-state index in [-0.39, 0.29) is 0 Å². The molecule has 5 heteroatoms. The van der Waals surface area contributed by atoms with Gasteiger partial charge in [-0.3, -0.25) is 4.99 Å². The molecule has 0 saturated carbocycles. The van der Waals surface area contributed by atoms with Gasteiger partial charge in [-0.2, -0.15) is 0 Å². The summed E-state index contributed by atoms with van der Waals surface area (Å²) in [4.78, 5) is 9.43. The molecular formula is C19H22IN3O. The lowest BCUT2D eigenvalue weighted by Crippen LogP contribution is -2.46. The molecule has 1 aliphatic rings. The molecule has 1 N–H and O–H groups in total. The Hall–Kier alpha value is -1.60. The summed E-state index contributed by atoms with van der Waals surface area (Å²) in [5.74, 6) is 0.306. The van der Waals surface area contributed by atoms with Crippen LogP contribution < -0.4 is 4.90 Å². The van der Waals surface area contributed by atoms with E-state index in [1.807, 2.05) is 18.3 Å². The maximum Gasteiger partial charge on any atom is 0.128 e. The Morgan fingerprint density at radius 2 is 1.79 bits per heavy atom. The fraction of sp³-hybridized carbons (Fsp3) is 0.316. The van der Waals surface area contributed by atoms with Crippen molar-refractivity contribution in [3.63, 3.8) is 0 Å². The lowest BCUT2D eigenvalue weighted by molar-refractivity contribution is 0.271. The molecule has 24 heavy (non-hydrogen) atoms. The smallest absolute Gasteiger partial charge is 0.128 e. The zero-order chi connectivity index (χ0) is 16.9. The minimum Gasteiger partial charge on any atom is -0.507 e. The fourth-order valence-electron chi connectivity index (χ4n) is 2.82. The van der Waals surface area contributed by atoms with Crippen molar-refractivity contribution in [2.45, 2.75) is 6.92 Å². The molecule has 0 aromatic heterocycles. The topological polar surface area (TPSA) is 39.1 Å². The maximum absolute atomic E-state index is 9.56. The van der Waals surface area contributed by atoms with E-state index in [4.69, 9.17) is 0 Å². The Kier molecular flexibility index (Phi) is 5.73. The van der Waals surface area contributed by atoms with E-state index in [0.717, 1.165) is 47.5 Å². The van der Waals surface area contributed by atoms with E-state index in [9.17, 15) is 5.11 Å². The van der Waals surface area contributed by atoms with Crippen LogP contribution in [0.3, 0.4) is 0 Å². The molecule has 0 bridgehead atoms. The molecule has 126 valence electrons. The third-order valence-electron chi connectivity index (χ3n) is 4.37. The van der Waals surface area contributed by atoms with E-state index in [2.05, 4.69) is 68.6 Å². The summed E-state index contributed by atoms with van der Waals surface area (Å²) < 4.78 is 0.832. The van der Waals surface area contributed by atoms with Gasteiger partial charge in [0, 0.05) is 38.1 Å². The maximum atomic E-state index is 9.56. The van der Waals surface area contributed by atoms with Crippen molar-refractivity contribution in [1.29, 1.82) is 0 Å². The summed E-state index contributed by atoms with van der Waals surface area (Å²) in [5, 5.41) is 9.56. The van der Waals surface area contributed by atoms with E-state index < -0.39 is 0 Å². The van der Waals surface area contributed by atoms with Crippen molar-refractivity contribution in [2.24, 2.45) is 4.99 Å². The van der Waals surface area contributed by atoms with Crippen LogP contribution in [0.15, 0.2) is 47.5 Å². The number of halogens is 1. The molecule has 1 aliphatic heterocycles. The number of likely N-dealkylation sites (N-methyl/N-ethyl adjacent to an activating group) is 1. The third kappa shape index (κ3) is 4.27. The zero-order valence-corrected chi connectivity index (χ0v) is 16.0. The van der Waals surface area contributed by atoms with Crippen LogP contribution in [0, 0.1) is 3.57 Å². The van der Waals surface area contributed by atoms with Crippen molar-refractivity contribution >= 4 is 40.2 Å². The van der Waals surface area contributed by atoms with Crippen LogP contribution in [0.25, 0.3) is 0 Å². The zero-order valence-electron chi connectivity index (χ0n) is 13.8. The Bertz CT molecular complexity index is 707. The summed E-state index contributed by atoms with van der Waals surface area (Å²) >= 11 is 2.12. The number of anilines is 1. The van der Waals surface area contributed by atoms with E-state index in [1.54, 1.807) is 6.07 Å². The second kappa shape index (κ2) is 7.98. The monoisotopic (exact) mass is 435 g/mol. The molecule has 1 saturated heterocycles. The Labute approximate surface area is 157 Å². The van der Waals surface area contributed by atoms with Crippen molar-refractivity contribution in [3.8, 4) is 5.75 Å². The molecule has 1 heterocycles. The quantitative estimate of drug-likeness (QED) is 0.585. The van der Waals surface area contributed by atoms with E-state index >= 15 is 0 Å². The molecule has 0 unspecified atom stereocenters. The number of hydrogen-bond donors (Lipinski definition) is 1. The summed E-state index contributed by atoms with van der Waals surface area (Å²) in [6, 6.07) is 13.9. The van der Waals surface area contributed by atoms with E-state index in [0.29, 0.717) is 5.75 Å². The fourth-order valence-corrected chi connectivity index (χ4v) is 3.36. The molecule has 2 aromatic carbocycles. The number of piperazine rings is 1. The highest BCUT2D eigenvalue weighted by atomic mass is 127. The van der Waals surface area contributed by atoms with Crippen LogP contribution in [0.1, 0.15) is 12.5 Å². The van der Waals surface area contributed by atoms with Crippen LogP contribution in [0.2, 0.25) is 0 Å². The van der Waals surface area contributed by atoms with Gasteiger partial charge in [0.2, 0.25) is 0 Å². The second-order valence-corrected chi connectivity index (χ2v) is 7.07. The number of benzene rings is 2. The molecule has 1 fully saturated rings. The second-order valence-electron chi connectivity index (χ2n) is 5.91. The number of phenols is 1. The van der Waals surface area contributed by atoms with Gasteiger partial charge in [0.05, 0.1) is 9.26 Å². The number of aliphatic imine (C=N–C) groups is 1. The van der Waals surface area contributed by atoms with E-state index in [1.165, 1.54) is 5.69 Å². The number of rotatable bonds is 4. The number of hydrogen-bond acceptors (Lipinski definition) is 4. The van der Waals surface area contributed by atoms with Gasteiger partial charge in [-0.15, -0.1) is 0 Å². The molecule has 4 nitrogen and oxygen atoms in total. The molecule has 0 radical (unpaired) electrons. The average molecular weight is 435 g/mol. The summed E-state index contributed by atoms with van der Waals surface area (Å²) in [6.45, 7) is 7.80. The predicted octanol–water partition coefficient (Wildman–Crippen LogP) is 3.89. The molecule has 0 aliphatic carbocycles. The molecule has 0 amide bonds. The highest BCUT2D eigenvalue weighted by molar-refractivity contribution is 14.1. The largest absolute Gasteiger partial charge is 0.507 e. The van der Waals surface area contributed by atoms with Gasteiger partial charge in [0.15, 0.2) is 0 Å². The average Bonchev–Trinajstić information content (AvgIpc) is 2.63. The number of aromatic hydroxyl groups is 1. The Morgan fingerprint density at radius 1 is 1.08 bits per heavy atom. The van der Waals surface area contributed by atoms with Gasteiger partial charge in [-0.25, -0.2) is 0 Å². The first-order valence-corrected chi connectivity index (χ1v) is 9.33. The summed E-state index contributed by atoms with van der Waals surface area (Å²) in [6.07, 6.45) is 1.83. The van der Waals surface area contributed by atoms with Crippen molar-refractivity contribution in [3.05, 3.63) is 51.6 Å². The van der Waals surface area contributed by atoms with Gasteiger partial charge in [0.1, 0.15) is 5.75 Å². The van der Waals surface area contributed by atoms with Crippen LogP contribution in [0.5, 0.6) is 5.75 Å². The SMILES string of the molecule is CCN1CCN(c2ccc(N=Cc3ccc(O)c(I)c3)cc2)CC1. The van der Waals surface area contributed by atoms with Gasteiger partial charge in [-0.05, 0) is 77.2 Å². The van der Waals surface area contributed by atoms with Crippen LogP contribution in [0.4, 0.5) is 11.4 Å². The lowest BCUT2D eigenvalue weighted by Gasteiger charge is -2.35. The third-order valence-corrected chi connectivity index (χ3v) is 5.23. The normalized spacial score (nSPS) is 16.0. The Morgan fingerprint density at radius 3 is 2.42 bits per heavy atom. The van der Waals surface area contributed by atoms with Crippen molar-refractivity contribution in [2.75, 3.05) is 37.6 Å². The number of nitrogens with zero attached hydrogens (tertiary/aromatic N) is 3. The highest BCUT2D eigenvalue weighted by Gasteiger charge is 2.15. The Balaban J connectivity index is 1.64. The van der Waals surface area contributed by atoms with Gasteiger partial charge in [0.25, 0.3) is 0 Å². The molecule has 3 rings (SSSR count). The molecule has 2 aromatic rings. The molecular weight excluding hydrogens is 413 g/mol. The van der Waals surface area contributed by atoms with Crippen LogP contribution >= 0.6 is 22.6 Å². The molecule has 0 spiro atoms. The minimum atomic E-state index is 0.306. The van der Waals surface area contributed by atoms with Crippen LogP contribution in [-0.2, 0) is 0 Å². The van der Waals surface area contributed by atoms with Gasteiger partial charge >= 0.3 is 0 Å². The molecule has 0 atom stereocenters. The minimum absolute atomic E-state index is 0.306. The predicted molar refractivity (Wildman–Crippen MR) is 109 cm³/mol. The first-order chi connectivity index (χ1) is 11.7. The highest BCUT2D eigenvalue weighted by Crippen LogP contribution is 2.22. The number of phenolic OH excluding ortho intramolecular Hbond substituents is 1. The first-order valence-electron chi connectivity index (χ1n) is 8.25. The first kappa shape index (κ1) is 17.2. The van der Waals surface area contributed by atoms with Crippen LogP contribution in [-0.4, -0.2) is 48.9 Å². The van der Waals surface area contributed by atoms with Gasteiger partial charge < -0.3 is 14.9 Å². The van der Waals surface area contributed by atoms with Gasteiger partial charge in [-0.1, -0.05) is 6.92 Å².